The van der Waals surface area contributed by atoms with Crippen molar-refractivity contribution < 1.29 is 13.2 Å². The van der Waals surface area contributed by atoms with Gasteiger partial charge in [-0.15, -0.1) is 0 Å². The van der Waals surface area contributed by atoms with Gasteiger partial charge in [-0.25, -0.2) is 0 Å². The van der Waals surface area contributed by atoms with Gasteiger partial charge >= 0.3 is 6.18 Å². The molecule has 2 rings (SSSR count). The number of halogens is 3. The molecule has 0 amide bonds. The zero-order valence-electron chi connectivity index (χ0n) is 13.3. The van der Waals surface area contributed by atoms with Gasteiger partial charge in [0.1, 0.15) is 5.54 Å². The molecule has 2 N–H and O–H groups in total. The molecule has 0 saturated carbocycles. The van der Waals surface area contributed by atoms with E-state index in [2.05, 4.69) is 22.8 Å². The van der Waals surface area contributed by atoms with E-state index in [0.717, 1.165) is 25.9 Å². The summed E-state index contributed by atoms with van der Waals surface area (Å²) in [6.45, 7) is 4.55. The SMILES string of the molecule is CC(C)(NCCC1(c2ccccc2)CCCNC1)C(F)(F)F. The number of benzene rings is 1. The lowest BCUT2D eigenvalue weighted by Gasteiger charge is -2.39. The third-order valence-corrected chi connectivity index (χ3v) is 4.74. The Hall–Kier alpha value is -1.07. The first-order chi connectivity index (χ1) is 10.3. The van der Waals surface area contributed by atoms with Gasteiger partial charge in [-0.1, -0.05) is 30.3 Å². The molecule has 1 aromatic rings. The van der Waals surface area contributed by atoms with Crippen LogP contribution in [-0.4, -0.2) is 31.3 Å². The van der Waals surface area contributed by atoms with E-state index in [-0.39, 0.29) is 5.41 Å². The largest absolute Gasteiger partial charge is 0.406 e. The van der Waals surface area contributed by atoms with Crippen molar-refractivity contribution in [3.05, 3.63) is 35.9 Å². The quantitative estimate of drug-likeness (QED) is 0.867. The summed E-state index contributed by atoms with van der Waals surface area (Å²) in [5.41, 5.74) is -0.713. The van der Waals surface area contributed by atoms with Gasteiger partial charge < -0.3 is 10.6 Å². The fourth-order valence-electron chi connectivity index (χ4n) is 3.08. The average Bonchev–Trinajstić information content (AvgIpc) is 2.48. The highest BCUT2D eigenvalue weighted by molar-refractivity contribution is 5.26. The smallest absolute Gasteiger partial charge is 0.316 e. The summed E-state index contributed by atoms with van der Waals surface area (Å²) in [5, 5.41) is 6.09. The monoisotopic (exact) mass is 314 g/mol. The van der Waals surface area contributed by atoms with Gasteiger partial charge in [0.15, 0.2) is 0 Å². The van der Waals surface area contributed by atoms with Crippen LogP contribution in [-0.2, 0) is 5.41 Å². The Balaban J connectivity index is 2.06. The number of rotatable bonds is 5. The second-order valence-electron chi connectivity index (χ2n) is 6.73. The maximum Gasteiger partial charge on any atom is 0.406 e. The van der Waals surface area contributed by atoms with Crippen LogP contribution in [0, 0.1) is 0 Å². The minimum absolute atomic E-state index is 0.0752. The lowest BCUT2D eigenvalue weighted by molar-refractivity contribution is -0.186. The molecule has 124 valence electrons. The zero-order valence-corrected chi connectivity index (χ0v) is 13.3. The second kappa shape index (κ2) is 6.59. The molecule has 0 aromatic heterocycles. The Kier molecular flexibility index (Phi) is 5.17. The predicted molar refractivity (Wildman–Crippen MR) is 83.0 cm³/mol. The van der Waals surface area contributed by atoms with Gasteiger partial charge in [-0.2, -0.15) is 13.2 Å². The Labute approximate surface area is 130 Å². The van der Waals surface area contributed by atoms with E-state index >= 15 is 0 Å². The van der Waals surface area contributed by atoms with E-state index in [9.17, 15) is 13.2 Å². The zero-order chi connectivity index (χ0) is 16.3. The molecule has 5 heteroatoms. The Morgan fingerprint density at radius 2 is 1.86 bits per heavy atom. The molecule has 1 aliphatic rings. The summed E-state index contributed by atoms with van der Waals surface area (Å²) in [5.74, 6) is 0. The van der Waals surface area contributed by atoms with E-state index in [4.69, 9.17) is 0 Å². The summed E-state index contributed by atoms with van der Waals surface area (Å²) in [6, 6.07) is 10.1. The van der Waals surface area contributed by atoms with Crippen LogP contribution in [0.3, 0.4) is 0 Å². The van der Waals surface area contributed by atoms with Crippen LogP contribution < -0.4 is 10.6 Å². The maximum absolute atomic E-state index is 12.9. The van der Waals surface area contributed by atoms with Crippen LogP contribution in [0.2, 0.25) is 0 Å². The molecule has 0 radical (unpaired) electrons. The van der Waals surface area contributed by atoms with Crippen molar-refractivity contribution in [3.8, 4) is 0 Å². The molecule has 1 unspecified atom stereocenters. The van der Waals surface area contributed by atoms with Crippen LogP contribution in [0.4, 0.5) is 13.2 Å². The molecular weight excluding hydrogens is 289 g/mol. The van der Waals surface area contributed by atoms with Gasteiger partial charge in [-0.3, -0.25) is 0 Å². The van der Waals surface area contributed by atoms with Crippen molar-refractivity contribution in [3.63, 3.8) is 0 Å². The number of alkyl halides is 3. The molecule has 0 spiro atoms. The van der Waals surface area contributed by atoms with Crippen LogP contribution in [0.1, 0.15) is 38.7 Å². The first kappa shape index (κ1) is 17.3. The van der Waals surface area contributed by atoms with Gasteiger partial charge in [-0.05, 0) is 51.8 Å². The standard InChI is InChI=1S/C17H25F3N2/c1-15(2,17(18,19)20)22-12-10-16(9-6-11-21-13-16)14-7-4-3-5-8-14/h3-5,7-8,21-22H,6,9-13H2,1-2H3. The Bertz CT molecular complexity index is 463. The van der Waals surface area contributed by atoms with E-state index in [1.54, 1.807) is 0 Å². The molecule has 1 heterocycles. The minimum atomic E-state index is -4.24. The lowest BCUT2D eigenvalue weighted by Crippen LogP contribution is -2.54. The van der Waals surface area contributed by atoms with Gasteiger partial charge in [0.25, 0.3) is 0 Å². The van der Waals surface area contributed by atoms with Crippen LogP contribution in [0.5, 0.6) is 0 Å². The third-order valence-electron chi connectivity index (χ3n) is 4.74. The Morgan fingerprint density at radius 3 is 2.41 bits per heavy atom. The Morgan fingerprint density at radius 1 is 1.18 bits per heavy atom. The summed E-state index contributed by atoms with van der Waals surface area (Å²) < 4.78 is 38.8. The van der Waals surface area contributed by atoms with Gasteiger partial charge in [0.2, 0.25) is 0 Å². The van der Waals surface area contributed by atoms with E-state index in [1.165, 1.54) is 19.4 Å². The topological polar surface area (TPSA) is 24.1 Å². The van der Waals surface area contributed by atoms with E-state index < -0.39 is 11.7 Å². The number of hydrogen-bond donors (Lipinski definition) is 2. The first-order valence-corrected chi connectivity index (χ1v) is 7.85. The van der Waals surface area contributed by atoms with Crippen LogP contribution in [0.25, 0.3) is 0 Å². The molecular formula is C17H25F3N2. The van der Waals surface area contributed by atoms with Crippen molar-refractivity contribution >= 4 is 0 Å². The third kappa shape index (κ3) is 3.82. The highest BCUT2D eigenvalue weighted by Gasteiger charge is 2.47. The molecule has 1 aliphatic heterocycles. The van der Waals surface area contributed by atoms with Crippen LogP contribution in [0.15, 0.2) is 30.3 Å². The predicted octanol–water partition coefficient (Wildman–Crippen LogP) is 3.63. The number of nitrogens with one attached hydrogen (secondary N) is 2. The number of hydrogen-bond acceptors (Lipinski definition) is 2. The van der Waals surface area contributed by atoms with Crippen LogP contribution >= 0.6 is 0 Å². The van der Waals surface area contributed by atoms with Crippen molar-refractivity contribution in [2.75, 3.05) is 19.6 Å². The van der Waals surface area contributed by atoms with Crippen molar-refractivity contribution in [2.24, 2.45) is 0 Å². The number of piperidine rings is 1. The van der Waals surface area contributed by atoms with Gasteiger partial charge in [0.05, 0.1) is 0 Å². The summed E-state index contributed by atoms with van der Waals surface area (Å²) in [7, 11) is 0. The van der Waals surface area contributed by atoms with E-state index in [0.29, 0.717) is 13.0 Å². The second-order valence-corrected chi connectivity index (χ2v) is 6.73. The molecule has 1 fully saturated rings. The average molecular weight is 314 g/mol. The van der Waals surface area contributed by atoms with E-state index in [1.807, 2.05) is 18.2 Å². The minimum Gasteiger partial charge on any atom is -0.316 e. The van der Waals surface area contributed by atoms with Crippen molar-refractivity contribution in [1.82, 2.24) is 10.6 Å². The summed E-state index contributed by atoms with van der Waals surface area (Å²) >= 11 is 0. The molecule has 1 atom stereocenters. The summed E-state index contributed by atoms with van der Waals surface area (Å²) in [4.78, 5) is 0. The summed E-state index contributed by atoms with van der Waals surface area (Å²) in [6.07, 6.45) is -1.48. The maximum atomic E-state index is 12.9. The first-order valence-electron chi connectivity index (χ1n) is 7.85. The molecule has 1 saturated heterocycles. The van der Waals surface area contributed by atoms with Gasteiger partial charge in [0, 0.05) is 12.0 Å². The highest BCUT2D eigenvalue weighted by Crippen LogP contribution is 2.35. The molecule has 1 aromatic carbocycles. The molecule has 0 bridgehead atoms. The lowest BCUT2D eigenvalue weighted by atomic mass is 9.72. The molecule has 22 heavy (non-hydrogen) atoms. The highest BCUT2D eigenvalue weighted by atomic mass is 19.4. The fourth-order valence-corrected chi connectivity index (χ4v) is 3.08. The molecule has 2 nitrogen and oxygen atoms in total. The normalized spacial score (nSPS) is 23.5. The van der Waals surface area contributed by atoms with Crippen molar-refractivity contribution in [2.45, 2.75) is 50.2 Å². The fraction of sp³-hybridized carbons (Fsp3) is 0.647. The van der Waals surface area contributed by atoms with Crippen molar-refractivity contribution in [1.29, 1.82) is 0 Å². The molecule has 0 aliphatic carbocycles.